The summed E-state index contributed by atoms with van der Waals surface area (Å²) in [7, 11) is 1.65. The molecule has 0 aromatic heterocycles. The van der Waals surface area contributed by atoms with Crippen molar-refractivity contribution in [3.63, 3.8) is 0 Å². The second-order valence-electron chi connectivity index (χ2n) is 3.97. The first-order chi connectivity index (χ1) is 7.54. The molecule has 0 unspecified atom stereocenters. The van der Waals surface area contributed by atoms with Gasteiger partial charge in [-0.15, -0.1) is 0 Å². The summed E-state index contributed by atoms with van der Waals surface area (Å²) in [5.41, 5.74) is 3.40. The lowest BCUT2D eigenvalue weighted by molar-refractivity contribution is -0.305. The Balaban J connectivity index is 2.73. The maximum Gasteiger partial charge on any atom is 0.122 e. The zero-order valence-corrected chi connectivity index (χ0v) is 10.0. The van der Waals surface area contributed by atoms with Crippen molar-refractivity contribution in [1.29, 1.82) is 0 Å². The monoisotopic (exact) mass is 221 g/mol. The van der Waals surface area contributed by atoms with Gasteiger partial charge in [0, 0.05) is 5.97 Å². The smallest absolute Gasteiger partial charge is 0.122 e. The van der Waals surface area contributed by atoms with Crippen LogP contribution in [0.3, 0.4) is 0 Å². The molecule has 1 rings (SSSR count). The fourth-order valence-electron chi connectivity index (χ4n) is 1.76. The van der Waals surface area contributed by atoms with Gasteiger partial charge in [-0.25, -0.2) is 0 Å². The Labute approximate surface area is 96.1 Å². The van der Waals surface area contributed by atoms with Crippen LogP contribution in [0.2, 0.25) is 0 Å². The largest absolute Gasteiger partial charge is 0.550 e. The third-order valence-electron chi connectivity index (χ3n) is 2.68. The van der Waals surface area contributed by atoms with Crippen LogP contribution in [0.5, 0.6) is 5.75 Å². The fraction of sp³-hybridized carbons (Fsp3) is 0.462. The SMILES string of the molecule is COc1cc(C)c(CCCC(=O)[O-])cc1C. The third-order valence-corrected chi connectivity index (χ3v) is 2.68. The van der Waals surface area contributed by atoms with Crippen molar-refractivity contribution in [1.82, 2.24) is 0 Å². The zero-order chi connectivity index (χ0) is 12.1. The molecule has 0 saturated heterocycles. The van der Waals surface area contributed by atoms with Crippen molar-refractivity contribution >= 4 is 5.97 Å². The van der Waals surface area contributed by atoms with Gasteiger partial charge in [0.1, 0.15) is 5.75 Å². The summed E-state index contributed by atoms with van der Waals surface area (Å²) in [4.78, 5) is 10.3. The van der Waals surface area contributed by atoms with Gasteiger partial charge in [-0.1, -0.05) is 6.07 Å². The summed E-state index contributed by atoms with van der Waals surface area (Å²) in [5, 5.41) is 10.3. The van der Waals surface area contributed by atoms with Crippen LogP contribution < -0.4 is 9.84 Å². The molecule has 0 N–H and O–H groups in total. The number of carbonyl (C=O) groups excluding carboxylic acids is 1. The predicted molar refractivity (Wildman–Crippen MR) is 60.4 cm³/mol. The highest BCUT2D eigenvalue weighted by molar-refractivity contribution is 5.64. The van der Waals surface area contributed by atoms with E-state index in [0.29, 0.717) is 6.42 Å². The molecule has 3 heteroatoms. The number of benzene rings is 1. The van der Waals surface area contributed by atoms with E-state index in [4.69, 9.17) is 4.74 Å². The van der Waals surface area contributed by atoms with E-state index in [-0.39, 0.29) is 6.42 Å². The molecule has 0 aliphatic heterocycles. The topological polar surface area (TPSA) is 49.4 Å². The summed E-state index contributed by atoms with van der Waals surface area (Å²) >= 11 is 0. The Bertz CT molecular complexity index is 383. The lowest BCUT2D eigenvalue weighted by Gasteiger charge is -2.11. The lowest BCUT2D eigenvalue weighted by atomic mass is 10.00. The summed E-state index contributed by atoms with van der Waals surface area (Å²) in [6, 6.07) is 4.05. The van der Waals surface area contributed by atoms with Gasteiger partial charge in [-0.05, 0) is 55.9 Å². The molecule has 3 nitrogen and oxygen atoms in total. The van der Waals surface area contributed by atoms with E-state index >= 15 is 0 Å². The average Bonchev–Trinajstić information content (AvgIpc) is 2.22. The van der Waals surface area contributed by atoms with E-state index in [1.165, 1.54) is 5.56 Å². The van der Waals surface area contributed by atoms with Crippen LogP contribution in [0.25, 0.3) is 0 Å². The molecule has 0 radical (unpaired) electrons. The number of hydrogen-bond donors (Lipinski definition) is 0. The van der Waals surface area contributed by atoms with Crippen LogP contribution in [0, 0.1) is 13.8 Å². The number of carboxylic acids is 1. The predicted octanol–water partition coefficient (Wildman–Crippen LogP) is 1.38. The Kier molecular flexibility index (Phi) is 4.35. The minimum atomic E-state index is -0.983. The first-order valence-electron chi connectivity index (χ1n) is 5.38. The van der Waals surface area contributed by atoms with Gasteiger partial charge >= 0.3 is 0 Å². The minimum absolute atomic E-state index is 0.116. The molecule has 1 aromatic rings. The lowest BCUT2D eigenvalue weighted by Crippen LogP contribution is -2.21. The number of rotatable bonds is 5. The third kappa shape index (κ3) is 3.26. The molecule has 88 valence electrons. The molecule has 0 amide bonds. The molecule has 16 heavy (non-hydrogen) atoms. The number of hydrogen-bond acceptors (Lipinski definition) is 3. The van der Waals surface area contributed by atoms with E-state index in [9.17, 15) is 9.90 Å². The normalized spacial score (nSPS) is 10.2. The molecule has 0 fully saturated rings. The average molecular weight is 221 g/mol. The van der Waals surface area contributed by atoms with Crippen LogP contribution in [-0.4, -0.2) is 13.1 Å². The maximum atomic E-state index is 10.3. The first-order valence-corrected chi connectivity index (χ1v) is 5.38. The molecule has 1 aromatic carbocycles. The Morgan fingerprint density at radius 2 is 2.00 bits per heavy atom. The molecule has 0 aliphatic carbocycles. The van der Waals surface area contributed by atoms with Crippen LogP contribution in [0.4, 0.5) is 0 Å². The molecule has 0 atom stereocenters. The van der Waals surface area contributed by atoms with Gasteiger partial charge in [0.2, 0.25) is 0 Å². The highest BCUT2D eigenvalue weighted by Crippen LogP contribution is 2.23. The van der Waals surface area contributed by atoms with E-state index in [1.807, 2.05) is 19.9 Å². The first kappa shape index (κ1) is 12.6. The number of carboxylic acid groups (broad SMARTS) is 1. The van der Waals surface area contributed by atoms with Gasteiger partial charge in [-0.3, -0.25) is 0 Å². The number of aliphatic carboxylic acids is 1. The number of aryl methyl sites for hydroxylation is 3. The van der Waals surface area contributed by atoms with Crippen molar-refractivity contribution in [2.24, 2.45) is 0 Å². The highest BCUT2D eigenvalue weighted by atomic mass is 16.5. The Morgan fingerprint density at radius 3 is 2.56 bits per heavy atom. The van der Waals surface area contributed by atoms with Gasteiger partial charge in [0.15, 0.2) is 0 Å². The Morgan fingerprint density at radius 1 is 1.31 bits per heavy atom. The zero-order valence-electron chi connectivity index (χ0n) is 10.0. The number of methoxy groups -OCH3 is 1. The van der Waals surface area contributed by atoms with Crippen molar-refractivity contribution < 1.29 is 14.6 Å². The standard InChI is InChI=1S/C13H18O3/c1-9-8-12(16-3)10(2)7-11(9)5-4-6-13(14)15/h7-8H,4-6H2,1-3H3,(H,14,15)/p-1. The summed E-state index contributed by atoms with van der Waals surface area (Å²) in [6.45, 7) is 4.00. The fourth-order valence-corrected chi connectivity index (χ4v) is 1.76. The summed E-state index contributed by atoms with van der Waals surface area (Å²) < 4.78 is 5.22. The van der Waals surface area contributed by atoms with E-state index < -0.39 is 5.97 Å². The molecule has 0 saturated carbocycles. The van der Waals surface area contributed by atoms with Crippen molar-refractivity contribution in [2.75, 3.05) is 7.11 Å². The minimum Gasteiger partial charge on any atom is -0.550 e. The Hall–Kier alpha value is -1.51. The van der Waals surface area contributed by atoms with Crippen molar-refractivity contribution in [3.8, 4) is 5.75 Å². The van der Waals surface area contributed by atoms with Crippen LogP contribution in [0.15, 0.2) is 12.1 Å². The van der Waals surface area contributed by atoms with Gasteiger partial charge < -0.3 is 14.6 Å². The quantitative estimate of drug-likeness (QED) is 0.754. The van der Waals surface area contributed by atoms with E-state index in [1.54, 1.807) is 7.11 Å². The van der Waals surface area contributed by atoms with Gasteiger partial charge in [0.05, 0.1) is 7.11 Å². The van der Waals surface area contributed by atoms with Crippen LogP contribution in [0.1, 0.15) is 29.5 Å². The second kappa shape index (κ2) is 5.54. The summed E-state index contributed by atoms with van der Waals surface area (Å²) in [5.74, 6) is -0.107. The van der Waals surface area contributed by atoms with E-state index in [0.717, 1.165) is 23.3 Å². The number of carbonyl (C=O) groups is 1. The maximum absolute atomic E-state index is 10.3. The van der Waals surface area contributed by atoms with Crippen LogP contribution >= 0.6 is 0 Å². The van der Waals surface area contributed by atoms with Gasteiger partial charge in [0.25, 0.3) is 0 Å². The molecular weight excluding hydrogens is 204 g/mol. The van der Waals surface area contributed by atoms with Crippen LogP contribution in [-0.2, 0) is 11.2 Å². The van der Waals surface area contributed by atoms with E-state index in [2.05, 4.69) is 6.07 Å². The molecular formula is C13H17O3-. The van der Waals surface area contributed by atoms with Crippen molar-refractivity contribution in [3.05, 3.63) is 28.8 Å². The molecule has 0 spiro atoms. The molecule has 0 aliphatic rings. The van der Waals surface area contributed by atoms with Gasteiger partial charge in [-0.2, -0.15) is 0 Å². The second-order valence-corrected chi connectivity index (χ2v) is 3.97. The molecule has 0 bridgehead atoms. The highest BCUT2D eigenvalue weighted by Gasteiger charge is 2.04. The summed E-state index contributed by atoms with van der Waals surface area (Å²) in [6.07, 6.45) is 1.50. The van der Waals surface area contributed by atoms with Crippen molar-refractivity contribution in [2.45, 2.75) is 33.1 Å². The number of ether oxygens (including phenoxy) is 1. The molecule has 0 heterocycles.